The van der Waals surface area contributed by atoms with E-state index in [0.717, 1.165) is 30.3 Å². The SMILES string of the molecule is CCCCCCCCCCCC[N+](C)(C)CCOC(=O)C(CCCCC)OS(=O)(=O)O. The molecule has 0 amide bonds. The smallest absolute Gasteiger partial charge is 0.398 e. The predicted octanol–water partition coefficient (Wildman–Crippen LogP) is 5.30. The lowest BCUT2D eigenvalue weighted by molar-refractivity contribution is -0.890. The molecule has 8 heteroatoms. The van der Waals surface area contributed by atoms with Gasteiger partial charge in [0.05, 0.1) is 20.6 Å². The van der Waals surface area contributed by atoms with E-state index in [2.05, 4.69) is 25.2 Å². The molecule has 0 fully saturated rings. The van der Waals surface area contributed by atoms with E-state index in [1.54, 1.807) is 0 Å². The summed E-state index contributed by atoms with van der Waals surface area (Å²) < 4.78 is 41.4. The molecule has 0 aromatic heterocycles. The Morgan fingerprint density at radius 2 is 1.29 bits per heavy atom. The van der Waals surface area contributed by atoms with E-state index in [1.807, 2.05) is 6.92 Å². The second-order valence-corrected chi connectivity index (χ2v) is 10.3. The van der Waals surface area contributed by atoms with Crippen molar-refractivity contribution < 1.29 is 31.2 Å². The van der Waals surface area contributed by atoms with Crippen molar-refractivity contribution in [1.29, 1.82) is 0 Å². The Morgan fingerprint density at radius 1 is 0.806 bits per heavy atom. The highest BCUT2D eigenvalue weighted by molar-refractivity contribution is 7.80. The first-order chi connectivity index (χ1) is 14.6. The molecule has 0 spiro atoms. The standard InChI is InChI=1S/C23H47NO6S/c1-5-7-9-10-11-12-13-14-15-17-19-24(3,4)20-21-29-23(25)22(18-16-8-6-2)30-31(26,27)28/h22H,5-21H2,1-4H3/p+1. The molecule has 7 nitrogen and oxygen atoms in total. The number of carbonyl (C=O) groups is 1. The first-order valence-electron chi connectivity index (χ1n) is 12.3. The fraction of sp³-hybridized carbons (Fsp3) is 0.957. The average molecular weight is 467 g/mol. The van der Waals surface area contributed by atoms with E-state index >= 15 is 0 Å². The van der Waals surface area contributed by atoms with Crippen LogP contribution in [-0.4, -0.2) is 63.3 Å². The summed E-state index contributed by atoms with van der Waals surface area (Å²) in [5.41, 5.74) is 0. The van der Waals surface area contributed by atoms with Gasteiger partial charge in [0.2, 0.25) is 0 Å². The number of carbonyl (C=O) groups excluding carboxylic acids is 1. The third-order valence-electron chi connectivity index (χ3n) is 5.63. The van der Waals surface area contributed by atoms with E-state index in [-0.39, 0.29) is 13.0 Å². The van der Waals surface area contributed by atoms with Crippen molar-refractivity contribution in [2.75, 3.05) is 33.8 Å². The van der Waals surface area contributed by atoms with E-state index in [0.29, 0.717) is 13.0 Å². The highest BCUT2D eigenvalue weighted by atomic mass is 32.3. The number of hydrogen-bond acceptors (Lipinski definition) is 5. The van der Waals surface area contributed by atoms with Crippen molar-refractivity contribution in [2.45, 2.75) is 110 Å². The van der Waals surface area contributed by atoms with Gasteiger partial charge in [-0.2, -0.15) is 8.42 Å². The third-order valence-corrected chi connectivity index (χ3v) is 6.10. The molecule has 0 radical (unpaired) electrons. The van der Waals surface area contributed by atoms with Crippen molar-refractivity contribution in [3.63, 3.8) is 0 Å². The summed E-state index contributed by atoms with van der Waals surface area (Å²) in [5.74, 6) is -0.729. The highest BCUT2D eigenvalue weighted by Gasteiger charge is 2.27. The Hall–Kier alpha value is -0.700. The van der Waals surface area contributed by atoms with Crippen molar-refractivity contribution >= 4 is 16.4 Å². The molecule has 0 aliphatic heterocycles. The van der Waals surface area contributed by atoms with Gasteiger partial charge in [-0.3, -0.25) is 4.55 Å². The van der Waals surface area contributed by atoms with Crippen LogP contribution in [-0.2, 0) is 24.1 Å². The van der Waals surface area contributed by atoms with Crippen molar-refractivity contribution in [1.82, 2.24) is 0 Å². The number of likely N-dealkylation sites (N-methyl/N-ethyl adjacent to an activating group) is 1. The van der Waals surface area contributed by atoms with Crippen LogP contribution in [0, 0.1) is 0 Å². The summed E-state index contributed by atoms with van der Waals surface area (Å²) in [4.78, 5) is 12.2. The monoisotopic (exact) mass is 466 g/mol. The number of nitrogens with zero attached hydrogens (tertiary/aromatic N) is 1. The molecular weight excluding hydrogens is 418 g/mol. The number of esters is 1. The zero-order chi connectivity index (χ0) is 23.6. The molecule has 0 aliphatic rings. The average Bonchev–Trinajstić information content (AvgIpc) is 2.67. The maximum Gasteiger partial charge on any atom is 0.398 e. The number of unbranched alkanes of at least 4 members (excludes halogenated alkanes) is 11. The Kier molecular flexibility index (Phi) is 17.4. The first-order valence-corrected chi connectivity index (χ1v) is 13.6. The van der Waals surface area contributed by atoms with Gasteiger partial charge in [0.15, 0.2) is 6.10 Å². The molecular formula is C23H48NO6S+. The van der Waals surface area contributed by atoms with Crippen LogP contribution < -0.4 is 0 Å². The lowest BCUT2D eigenvalue weighted by atomic mass is 10.1. The first kappa shape index (κ1) is 30.3. The van der Waals surface area contributed by atoms with Crippen LogP contribution >= 0.6 is 0 Å². The predicted molar refractivity (Wildman–Crippen MR) is 125 cm³/mol. The largest absolute Gasteiger partial charge is 0.458 e. The molecule has 0 saturated heterocycles. The summed E-state index contributed by atoms with van der Waals surface area (Å²) in [6, 6.07) is 0. The van der Waals surface area contributed by atoms with Gasteiger partial charge in [0, 0.05) is 0 Å². The van der Waals surface area contributed by atoms with Gasteiger partial charge >= 0.3 is 16.4 Å². The Labute approximate surface area is 191 Å². The molecule has 0 aromatic rings. The third kappa shape index (κ3) is 19.7. The minimum Gasteiger partial charge on any atom is -0.458 e. The Balaban J connectivity index is 4.04. The van der Waals surface area contributed by atoms with Gasteiger partial charge in [-0.1, -0.05) is 84.5 Å². The van der Waals surface area contributed by atoms with Gasteiger partial charge in [-0.05, 0) is 19.3 Å². The minimum absolute atomic E-state index is 0.197. The summed E-state index contributed by atoms with van der Waals surface area (Å²) in [6.07, 6.45) is 14.4. The van der Waals surface area contributed by atoms with Gasteiger partial charge in [-0.25, -0.2) is 8.98 Å². The van der Waals surface area contributed by atoms with E-state index in [1.165, 1.54) is 57.8 Å². The number of hydrogen-bond donors (Lipinski definition) is 1. The zero-order valence-corrected chi connectivity index (χ0v) is 21.3. The van der Waals surface area contributed by atoms with Crippen LogP contribution in [0.5, 0.6) is 0 Å². The fourth-order valence-corrected chi connectivity index (χ4v) is 4.03. The molecule has 0 rings (SSSR count). The zero-order valence-electron chi connectivity index (χ0n) is 20.4. The summed E-state index contributed by atoms with van der Waals surface area (Å²) in [7, 11) is -0.479. The maximum absolute atomic E-state index is 12.2. The molecule has 0 aromatic carbocycles. The van der Waals surface area contributed by atoms with Crippen LogP contribution in [0.1, 0.15) is 104 Å². The Bertz CT molecular complexity index is 550. The number of quaternary nitrogens is 1. The minimum atomic E-state index is -4.69. The maximum atomic E-state index is 12.2. The Morgan fingerprint density at radius 3 is 1.81 bits per heavy atom. The van der Waals surface area contributed by atoms with Crippen LogP contribution in [0.15, 0.2) is 0 Å². The van der Waals surface area contributed by atoms with Crippen LogP contribution in [0.25, 0.3) is 0 Å². The van der Waals surface area contributed by atoms with E-state index in [9.17, 15) is 13.2 Å². The molecule has 1 atom stereocenters. The molecule has 0 heterocycles. The summed E-state index contributed by atoms with van der Waals surface area (Å²) in [5, 5.41) is 0. The van der Waals surface area contributed by atoms with Gasteiger partial charge in [0.1, 0.15) is 13.2 Å². The van der Waals surface area contributed by atoms with Gasteiger partial charge in [0.25, 0.3) is 0 Å². The van der Waals surface area contributed by atoms with Crippen LogP contribution in [0.4, 0.5) is 0 Å². The lowest BCUT2D eigenvalue weighted by Crippen LogP contribution is -2.43. The molecule has 1 unspecified atom stereocenters. The fourth-order valence-electron chi connectivity index (χ4n) is 3.56. The van der Waals surface area contributed by atoms with Crippen LogP contribution in [0.2, 0.25) is 0 Å². The van der Waals surface area contributed by atoms with E-state index in [4.69, 9.17) is 9.29 Å². The second kappa shape index (κ2) is 17.8. The molecule has 186 valence electrons. The van der Waals surface area contributed by atoms with Crippen molar-refractivity contribution in [2.24, 2.45) is 0 Å². The van der Waals surface area contributed by atoms with Gasteiger partial charge in [-0.15, -0.1) is 0 Å². The quantitative estimate of drug-likeness (QED) is 0.107. The highest BCUT2D eigenvalue weighted by Crippen LogP contribution is 2.13. The molecule has 0 saturated carbocycles. The molecule has 31 heavy (non-hydrogen) atoms. The van der Waals surface area contributed by atoms with Crippen molar-refractivity contribution in [3.05, 3.63) is 0 Å². The molecule has 0 aliphatic carbocycles. The normalized spacial score (nSPS) is 13.3. The molecule has 0 bridgehead atoms. The number of ether oxygens (including phenoxy) is 1. The van der Waals surface area contributed by atoms with E-state index < -0.39 is 22.5 Å². The summed E-state index contributed by atoms with van der Waals surface area (Å²) in [6.45, 7) is 6.11. The van der Waals surface area contributed by atoms with Crippen molar-refractivity contribution in [3.8, 4) is 0 Å². The molecule has 1 N–H and O–H groups in total. The second-order valence-electron chi connectivity index (χ2n) is 9.24. The number of rotatable bonds is 21. The summed E-state index contributed by atoms with van der Waals surface area (Å²) >= 11 is 0. The van der Waals surface area contributed by atoms with Crippen LogP contribution in [0.3, 0.4) is 0 Å². The van der Waals surface area contributed by atoms with Gasteiger partial charge < -0.3 is 9.22 Å². The lowest BCUT2D eigenvalue weighted by Gasteiger charge is -2.29. The topological polar surface area (TPSA) is 89.9 Å².